The van der Waals surface area contributed by atoms with Crippen molar-refractivity contribution < 1.29 is 4.42 Å². The topological polar surface area (TPSA) is 43.9 Å². The quantitative estimate of drug-likeness (QED) is 0.190. The Morgan fingerprint density at radius 3 is 2.29 bits per heavy atom. The van der Waals surface area contributed by atoms with Gasteiger partial charge in [0.2, 0.25) is 0 Å². The highest BCUT2D eigenvalue weighted by molar-refractivity contribution is 7.26. The summed E-state index contributed by atoms with van der Waals surface area (Å²) in [4.78, 5) is 10.5. The molecule has 1 aliphatic rings. The van der Waals surface area contributed by atoms with Crippen LogP contribution in [0.25, 0.3) is 92.4 Å². The third-order valence-electron chi connectivity index (χ3n) is 10.4. The Hall–Kier alpha value is -5.78. The minimum atomic E-state index is -0.249. The highest BCUT2D eigenvalue weighted by Crippen LogP contribution is 2.50. The number of para-hydroxylation sites is 3. The summed E-state index contributed by atoms with van der Waals surface area (Å²) >= 11 is 1.81. The Morgan fingerprint density at radius 2 is 1.38 bits per heavy atom. The standard InChI is InChI=1S/C43H27N3OS/c1-43(2)31-17-10-15-29-38(31)46(39-28-13-4-7-19-35(28)47-40(29)39)34-22-21-24(23-32(34)43)37-27-12-3-6-18-33(27)44-42(45-37)30-16-9-14-26-25-11-5-8-20-36(25)48-41(26)30/h3-23H,1-2H3. The lowest BCUT2D eigenvalue weighted by Gasteiger charge is -2.35. The Morgan fingerprint density at radius 1 is 0.625 bits per heavy atom. The van der Waals surface area contributed by atoms with E-state index in [9.17, 15) is 0 Å². The summed E-state index contributed by atoms with van der Waals surface area (Å²) in [6, 6.07) is 45.4. The highest BCUT2D eigenvalue weighted by atomic mass is 32.1. The molecule has 48 heavy (non-hydrogen) atoms. The van der Waals surface area contributed by atoms with Crippen molar-refractivity contribution in [3.8, 4) is 28.3 Å². The van der Waals surface area contributed by atoms with Gasteiger partial charge in [-0.2, -0.15) is 0 Å². The summed E-state index contributed by atoms with van der Waals surface area (Å²) in [6.07, 6.45) is 0. The molecule has 0 bridgehead atoms. The Kier molecular flexibility index (Phi) is 5.03. The van der Waals surface area contributed by atoms with Gasteiger partial charge in [-0.15, -0.1) is 11.3 Å². The fraction of sp³-hybridized carbons (Fsp3) is 0.0698. The summed E-state index contributed by atoms with van der Waals surface area (Å²) < 4.78 is 11.4. The molecule has 226 valence electrons. The summed E-state index contributed by atoms with van der Waals surface area (Å²) in [6.45, 7) is 4.68. The molecule has 4 aromatic heterocycles. The van der Waals surface area contributed by atoms with Crippen LogP contribution in [0.2, 0.25) is 0 Å². The number of aromatic nitrogens is 3. The summed E-state index contributed by atoms with van der Waals surface area (Å²) in [5, 5.41) is 5.85. The van der Waals surface area contributed by atoms with Crippen molar-refractivity contribution >= 4 is 75.4 Å². The SMILES string of the molecule is CC1(C)c2cc(-c3nc(-c4cccc5c4sc4ccccc45)nc4ccccc34)ccc2-n2c3c1cccc3c1oc3ccccc3c12. The van der Waals surface area contributed by atoms with Crippen molar-refractivity contribution in [2.45, 2.75) is 19.3 Å². The average molecular weight is 634 g/mol. The largest absolute Gasteiger partial charge is 0.454 e. The molecule has 0 amide bonds. The first kappa shape index (κ1) is 26.3. The molecule has 11 rings (SSSR count). The van der Waals surface area contributed by atoms with Gasteiger partial charge in [-0.05, 0) is 59.7 Å². The van der Waals surface area contributed by atoms with Crippen LogP contribution in [0.5, 0.6) is 0 Å². The molecule has 1 aliphatic heterocycles. The lowest BCUT2D eigenvalue weighted by Crippen LogP contribution is -2.26. The second-order valence-corrected chi connectivity index (χ2v) is 14.4. The van der Waals surface area contributed by atoms with Crippen molar-refractivity contribution in [3.05, 3.63) is 139 Å². The highest BCUT2D eigenvalue weighted by Gasteiger charge is 2.36. The number of thiophene rings is 1. The van der Waals surface area contributed by atoms with E-state index >= 15 is 0 Å². The number of fused-ring (bicyclic) bond motifs is 11. The number of rotatable bonds is 2. The molecule has 0 saturated heterocycles. The molecule has 5 heteroatoms. The fourth-order valence-corrected chi connectivity index (χ4v) is 9.34. The van der Waals surface area contributed by atoms with Crippen LogP contribution in [-0.4, -0.2) is 14.5 Å². The fourth-order valence-electron chi connectivity index (χ4n) is 8.13. The molecule has 0 saturated carbocycles. The average Bonchev–Trinajstić information content (AvgIpc) is 3.79. The van der Waals surface area contributed by atoms with Crippen molar-refractivity contribution in [2.75, 3.05) is 0 Å². The van der Waals surface area contributed by atoms with Crippen molar-refractivity contribution in [3.63, 3.8) is 0 Å². The molecular weight excluding hydrogens is 607 g/mol. The van der Waals surface area contributed by atoms with Crippen LogP contribution in [0.3, 0.4) is 0 Å². The molecule has 0 aliphatic carbocycles. The summed E-state index contributed by atoms with van der Waals surface area (Å²) in [5.74, 6) is 0.752. The van der Waals surface area contributed by atoms with Gasteiger partial charge in [0.25, 0.3) is 0 Å². The number of hydrogen-bond donors (Lipinski definition) is 0. The maximum Gasteiger partial charge on any atom is 0.161 e. The van der Waals surface area contributed by atoms with Gasteiger partial charge >= 0.3 is 0 Å². The second kappa shape index (κ2) is 9.18. The predicted octanol–water partition coefficient (Wildman–Crippen LogP) is 11.8. The van der Waals surface area contributed by atoms with E-state index in [1.807, 2.05) is 17.4 Å². The zero-order valence-corrected chi connectivity index (χ0v) is 27.1. The molecule has 0 spiro atoms. The molecule has 0 atom stereocenters. The van der Waals surface area contributed by atoms with E-state index < -0.39 is 0 Å². The molecular formula is C43H27N3OS. The molecule has 5 heterocycles. The molecule has 6 aromatic carbocycles. The van der Waals surface area contributed by atoms with E-state index in [4.69, 9.17) is 14.4 Å². The first-order chi connectivity index (χ1) is 23.6. The normalized spacial score (nSPS) is 13.8. The van der Waals surface area contributed by atoms with Gasteiger partial charge in [0.05, 0.1) is 22.4 Å². The van der Waals surface area contributed by atoms with Gasteiger partial charge < -0.3 is 8.98 Å². The van der Waals surface area contributed by atoms with Gasteiger partial charge in [0.1, 0.15) is 11.1 Å². The van der Waals surface area contributed by atoms with E-state index in [0.29, 0.717) is 0 Å². The van der Waals surface area contributed by atoms with E-state index in [2.05, 4.69) is 140 Å². The smallest absolute Gasteiger partial charge is 0.161 e. The lowest BCUT2D eigenvalue weighted by molar-refractivity contribution is 0.630. The van der Waals surface area contributed by atoms with Crippen molar-refractivity contribution in [1.29, 1.82) is 0 Å². The van der Waals surface area contributed by atoms with Gasteiger partial charge in [0.15, 0.2) is 11.4 Å². The van der Waals surface area contributed by atoms with E-state index in [1.54, 1.807) is 0 Å². The number of benzene rings is 6. The molecule has 0 fully saturated rings. The molecule has 0 radical (unpaired) electrons. The van der Waals surface area contributed by atoms with Crippen molar-refractivity contribution in [1.82, 2.24) is 14.5 Å². The monoisotopic (exact) mass is 633 g/mol. The van der Waals surface area contributed by atoms with Crippen LogP contribution in [0.15, 0.2) is 132 Å². The number of furan rings is 1. The minimum Gasteiger partial charge on any atom is -0.454 e. The van der Waals surface area contributed by atoms with Crippen LogP contribution >= 0.6 is 11.3 Å². The maximum absolute atomic E-state index is 6.52. The van der Waals surface area contributed by atoms with Crippen LogP contribution in [0, 0.1) is 0 Å². The third kappa shape index (κ3) is 3.33. The predicted molar refractivity (Wildman–Crippen MR) is 200 cm³/mol. The van der Waals surface area contributed by atoms with Crippen LogP contribution < -0.4 is 0 Å². The van der Waals surface area contributed by atoms with Gasteiger partial charge in [-0.25, -0.2) is 9.97 Å². The zero-order chi connectivity index (χ0) is 31.7. The molecule has 0 unspecified atom stereocenters. The van der Waals surface area contributed by atoms with Crippen LogP contribution in [-0.2, 0) is 5.41 Å². The Bertz CT molecular complexity index is 2990. The molecule has 10 aromatic rings. The van der Waals surface area contributed by atoms with Crippen LogP contribution in [0.4, 0.5) is 0 Å². The van der Waals surface area contributed by atoms with Gasteiger partial charge in [-0.3, -0.25) is 0 Å². The third-order valence-corrected chi connectivity index (χ3v) is 11.6. The van der Waals surface area contributed by atoms with Crippen LogP contribution in [0.1, 0.15) is 25.0 Å². The van der Waals surface area contributed by atoms with Crippen molar-refractivity contribution in [2.24, 2.45) is 0 Å². The zero-order valence-electron chi connectivity index (χ0n) is 26.3. The number of nitrogens with zero attached hydrogens (tertiary/aromatic N) is 3. The second-order valence-electron chi connectivity index (χ2n) is 13.4. The first-order valence-corrected chi connectivity index (χ1v) is 17.2. The summed E-state index contributed by atoms with van der Waals surface area (Å²) in [5.41, 5.74) is 11.7. The van der Waals surface area contributed by atoms with E-state index in [-0.39, 0.29) is 5.41 Å². The Balaban J connectivity index is 1.18. The molecule has 4 nitrogen and oxygen atoms in total. The first-order valence-electron chi connectivity index (χ1n) is 16.3. The maximum atomic E-state index is 6.52. The molecule has 0 N–H and O–H groups in total. The summed E-state index contributed by atoms with van der Waals surface area (Å²) in [7, 11) is 0. The van der Waals surface area contributed by atoms with Gasteiger partial charge in [0, 0.05) is 52.9 Å². The van der Waals surface area contributed by atoms with E-state index in [0.717, 1.165) is 61.0 Å². The minimum absolute atomic E-state index is 0.249. The van der Waals surface area contributed by atoms with E-state index in [1.165, 1.54) is 42.5 Å². The lowest BCUT2D eigenvalue weighted by atomic mass is 9.74. The number of hydrogen-bond acceptors (Lipinski definition) is 4. The Labute approximate surface area is 279 Å². The van der Waals surface area contributed by atoms with Gasteiger partial charge in [-0.1, -0.05) is 92.7 Å².